The van der Waals surface area contributed by atoms with Crippen LogP contribution in [0.5, 0.6) is 0 Å². The van der Waals surface area contributed by atoms with E-state index in [2.05, 4.69) is 0 Å². The lowest BCUT2D eigenvalue weighted by Crippen LogP contribution is -2.69. The smallest absolute Gasteiger partial charge is 0.0126 e. The van der Waals surface area contributed by atoms with Crippen molar-refractivity contribution in [1.82, 2.24) is 0 Å². The predicted octanol–water partition coefficient (Wildman–Crippen LogP) is -0.356. The van der Waals surface area contributed by atoms with Gasteiger partial charge in [0.2, 0.25) is 0 Å². The molecule has 13 heavy (non-hydrogen) atoms. The molecule has 4 bridgehead atoms. The zero-order valence-electron chi connectivity index (χ0n) is 7.89. The first-order valence-electron chi connectivity index (χ1n) is 5.45. The van der Waals surface area contributed by atoms with Crippen molar-refractivity contribution in [2.45, 2.75) is 37.4 Å². The first-order chi connectivity index (χ1) is 6.18. The highest BCUT2D eigenvalue weighted by Crippen LogP contribution is 2.51. The van der Waals surface area contributed by atoms with E-state index in [1.165, 1.54) is 19.3 Å². The van der Waals surface area contributed by atoms with Gasteiger partial charge in [0.05, 0.1) is 0 Å². The summed E-state index contributed by atoms with van der Waals surface area (Å²) in [6, 6.07) is 0.869. The topological polar surface area (TPSA) is 78.1 Å². The fourth-order valence-corrected chi connectivity index (χ4v) is 4.11. The monoisotopic (exact) mass is 181 g/mol. The molecule has 0 atom stereocenters. The molecule has 0 unspecified atom stereocenters. The van der Waals surface area contributed by atoms with E-state index in [-0.39, 0.29) is 18.1 Å². The van der Waals surface area contributed by atoms with E-state index in [1.807, 2.05) is 0 Å². The highest BCUT2D eigenvalue weighted by atomic mass is 14.9. The van der Waals surface area contributed by atoms with Crippen LogP contribution in [-0.4, -0.2) is 18.1 Å². The van der Waals surface area contributed by atoms with E-state index in [4.69, 9.17) is 17.2 Å². The minimum Gasteiger partial charge on any atom is -0.327 e. The molecule has 4 rings (SSSR count). The third-order valence-corrected chi connectivity index (χ3v) is 4.78. The normalized spacial score (nSPS) is 64.4. The summed E-state index contributed by atoms with van der Waals surface area (Å²) < 4.78 is 0. The molecule has 0 aliphatic heterocycles. The fourth-order valence-electron chi connectivity index (χ4n) is 4.11. The summed E-state index contributed by atoms with van der Waals surface area (Å²) in [6.45, 7) is 0. The van der Waals surface area contributed by atoms with Gasteiger partial charge in [-0.3, -0.25) is 0 Å². The molecular weight excluding hydrogens is 162 g/mol. The molecule has 0 saturated heterocycles. The molecule has 0 radical (unpaired) electrons. The molecule has 0 aromatic carbocycles. The molecule has 3 heteroatoms. The Morgan fingerprint density at radius 1 is 0.615 bits per heavy atom. The Balaban J connectivity index is 1.97. The van der Waals surface area contributed by atoms with Crippen LogP contribution >= 0.6 is 0 Å². The van der Waals surface area contributed by atoms with Gasteiger partial charge >= 0.3 is 0 Å². The average Bonchev–Trinajstić information content (AvgIpc) is 2.12. The van der Waals surface area contributed by atoms with E-state index in [9.17, 15) is 0 Å². The molecule has 3 nitrogen and oxygen atoms in total. The lowest BCUT2D eigenvalue weighted by atomic mass is 9.50. The Kier molecular flexibility index (Phi) is 1.56. The van der Waals surface area contributed by atoms with Gasteiger partial charge in [0.1, 0.15) is 0 Å². The van der Waals surface area contributed by atoms with E-state index in [0.717, 1.165) is 5.92 Å². The maximum absolute atomic E-state index is 6.19. The SMILES string of the molecule is NC1C2CC3CC1C(N)C(C3)C2N. The van der Waals surface area contributed by atoms with Crippen LogP contribution in [0.4, 0.5) is 0 Å². The summed E-state index contributed by atoms with van der Waals surface area (Å²) >= 11 is 0. The maximum Gasteiger partial charge on any atom is 0.0126 e. The fraction of sp³-hybridized carbons (Fsp3) is 1.00. The summed E-state index contributed by atoms with van der Waals surface area (Å²) in [5.41, 5.74) is 18.6. The molecule has 0 spiro atoms. The molecule has 4 saturated carbocycles. The van der Waals surface area contributed by atoms with Crippen LogP contribution in [0.2, 0.25) is 0 Å². The van der Waals surface area contributed by atoms with E-state index >= 15 is 0 Å². The minimum atomic E-state index is 0.290. The van der Waals surface area contributed by atoms with Crippen molar-refractivity contribution >= 4 is 0 Å². The molecule has 6 N–H and O–H groups in total. The van der Waals surface area contributed by atoms with Crippen molar-refractivity contribution in [3.05, 3.63) is 0 Å². The predicted molar refractivity (Wildman–Crippen MR) is 51.7 cm³/mol. The van der Waals surface area contributed by atoms with Gasteiger partial charge in [0, 0.05) is 18.1 Å². The standard InChI is InChI=1S/C10H19N3/c11-8-5-1-4-2-6(8)10(13)7(3-4)9(5)12/h4-10H,1-3,11-13H2. The van der Waals surface area contributed by atoms with Gasteiger partial charge in [-0.1, -0.05) is 0 Å². The van der Waals surface area contributed by atoms with Crippen molar-refractivity contribution in [3.63, 3.8) is 0 Å². The first kappa shape index (κ1) is 8.21. The lowest BCUT2D eigenvalue weighted by Gasteiger charge is -2.59. The van der Waals surface area contributed by atoms with Gasteiger partial charge < -0.3 is 17.2 Å². The molecule has 0 aromatic heterocycles. The molecule has 0 heterocycles. The van der Waals surface area contributed by atoms with Crippen LogP contribution in [0, 0.1) is 23.7 Å². The van der Waals surface area contributed by atoms with Crippen LogP contribution in [0.3, 0.4) is 0 Å². The Bertz CT molecular complexity index is 180. The lowest BCUT2D eigenvalue weighted by molar-refractivity contribution is -0.0351. The van der Waals surface area contributed by atoms with Crippen molar-refractivity contribution in [2.24, 2.45) is 40.9 Å². The zero-order chi connectivity index (χ0) is 9.16. The Morgan fingerprint density at radius 3 is 1.23 bits per heavy atom. The van der Waals surface area contributed by atoms with Crippen LogP contribution in [0.1, 0.15) is 19.3 Å². The van der Waals surface area contributed by atoms with Crippen molar-refractivity contribution in [1.29, 1.82) is 0 Å². The second kappa shape index (κ2) is 2.47. The van der Waals surface area contributed by atoms with Gasteiger partial charge in [-0.25, -0.2) is 0 Å². The second-order valence-electron chi connectivity index (χ2n) is 5.30. The third kappa shape index (κ3) is 0.901. The quantitative estimate of drug-likeness (QED) is 0.478. The summed E-state index contributed by atoms with van der Waals surface area (Å²) in [5.74, 6) is 2.60. The molecule has 0 amide bonds. The molecular formula is C10H19N3. The Morgan fingerprint density at radius 2 is 0.923 bits per heavy atom. The van der Waals surface area contributed by atoms with Gasteiger partial charge in [-0.15, -0.1) is 0 Å². The largest absolute Gasteiger partial charge is 0.327 e. The van der Waals surface area contributed by atoms with E-state index < -0.39 is 0 Å². The zero-order valence-corrected chi connectivity index (χ0v) is 7.89. The van der Waals surface area contributed by atoms with Crippen LogP contribution in [0.25, 0.3) is 0 Å². The van der Waals surface area contributed by atoms with E-state index in [0.29, 0.717) is 17.8 Å². The number of nitrogens with two attached hydrogens (primary N) is 3. The van der Waals surface area contributed by atoms with Crippen LogP contribution in [-0.2, 0) is 0 Å². The third-order valence-electron chi connectivity index (χ3n) is 4.78. The molecule has 4 aliphatic rings. The summed E-state index contributed by atoms with van der Waals surface area (Å²) in [6.07, 6.45) is 3.80. The summed E-state index contributed by atoms with van der Waals surface area (Å²) in [7, 11) is 0. The maximum atomic E-state index is 6.19. The minimum absolute atomic E-state index is 0.290. The Labute approximate surface area is 79.0 Å². The highest BCUT2D eigenvalue weighted by molar-refractivity contribution is 5.11. The Hall–Kier alpha value is -0.120. The van der Waals surface area contributed by atoms with Crippen molar-refractivity contribution in [2.75, 3.05) is 0 Å². The molecule has 4 aliphatic carbocycles. The van der Waals surface area contributed by atoms with Crippen LogP contribution in [0.15, 0.2) is 0 Å². The van der Waals surface area contributed by atoms with Gasteiger partial charge in [-0.05, 0) is 42.9 Å². The van der Waals surface area contributed by atoms with Crippen molar-refractivity contribution < 1.29 is 0 Å². The van der Waals surface area contributed by atoms with Crippen LogP contribution < -0.4 is 17.2 Å². The second-order valence-corrected chi connectivity index (χ2v) is 5.30. The van der Waals surface area contributed by atoms with Gasteiger partial charge in [0.25, 0.3) is 0 Å². The molecule has 0 aromatic rings. The number of hydrogen-bond donors (Lipinski definition) is 3. The number of hydrogen-bond acceptors (Lipinski definition) is 3. The van der Waals surface area contributed by atoms with E-state index in [1.54, 1.807) is 0 Å². The number of rotatable bonds is 0. The molecule has 74 valence electrons. The molecule has 4 fully saturated rings. The summed E-state index contributed by atoms with van der Waals surface area (Å²) in [5, 5.41) is 0. The van der Waals surface area contributed by atoms with Gasteiger partial charge in [0.15, 0.2) is 0 Å². The average molecular weight is 181 g/mol. The first-order valence-corrected chi connectivity index (χ1v) is 5.45. The van der Waals surface area contributed by atoms with Crippen molar-refractivity contribution in [3.8, 4) is 0 Å². The van der Waals surface area contributed by atoms with Gasteiger partial charge in [-0.2, -0.15) is 0 Å². The summed E-state index contributed by atoms with van der Waals surface area (Å²) in [4.78, 5) is 0. The highest BCUT2D eigenvalue weighted by Gasteiger charge is 2.54.